The maximum atomic E-state index is 13.4. The van der Waals surface area contributed by atoms with Crippen molar-refractivity contribution in [3.8, 4) is 0 Å². The fourth-order valence-corrected chi connectivity index (χ4v) is 86.7. The monoisotopic (exact) mass is 798 g/mol. The summed E-state index contributed by atoms with van der Waals surface area (Å²) in [5.74, 6) is 0. The minimum absolute atomic E-state index is 0.256. The zero-order valence-corrected chi connectivity index (χ0v) is 28.3. The Morgan fingerprint density at radius 2 is 0.476 bits per heavy atom. The van der Waals surface area contributed by atoms with Gasteiger partial charge in [-0.1, -0.05) is 39.3 Å². The summed E-state index contributed by atoms with van der Waals surface area (Å²) in [6, 6.07) is 0. The molecule has 12 nitrogen and oxygen atoms in total. The Hall–Kier alpha value is -0.332. The Balaban J connectivity index is 9.08. The highest BCUT2D eigenvalue weighted by Crippen LogP contribution is 2.48. The van der Waals surface area contributed by atoms with Gasteiger partial charge in [-0.05, 0) is 0 Å². The average molecular weight is 799 g/mol. The van der Waals surface area contributed by atoms with Crippen LogP contribution in [-0.4, -0.2) is 86.1 Å². The van der Waals surface area contributed by atoms with Gasteiger partial charge in [-0.25, -0.2) is 0 Å². The lowest BCUT2D eigenvalue weighted by Gasteiger charge is -2.51. The molecule has 0 atom stereocenters. The summed E-state index contributed by atoms with van der Waals surface area (Å²) in [5, 5.41) is 0. The third-order valence-electron chi connectivity index (χ3n) is 4.45. The SMILES string of the molecule is C[Si](C)(C)[Si](OS(=O)(=O)C(F)(F)F)(OS(=O)(=O)C(F)(F)F)[Si](OS(=O)(=O)C(F)(F)F)(OS(=O)(=O)C(F)(F)F)[Si](C)(C)C. The second-order valence-electron chi connectivity index (χ2n) is 9.67. The van der Waals surface area contributed by atoms with E-state index in [-0.39, 0.29) is 39.3 Å². The fourth-order valence-electron chi connectivity index (χ4n) is 2.54. The van der Waals surface area contributed by atoms with Gasteiger partial charge in [0.1, 0.15) is 15.2 Å². The van der Waals surface area contributed by atoms with Gasteiger partial charge in [-0.2, -0.15) is 86.4 Å². The summed E-state index contributed by atoms with van der Waals surface area (Å²) in [4.78, 5) is 0. The van der Waals surface area contributed by atoms with E-state index < -0.39 is 92.9 Å². The second kappa shape index (κ2) is 11.2. The first-order valence-corrected chi connectivity index (χ1v) is 28.9. The molecule has 0 saturated carbocycles. The van der Waals surface area contributed by atoms with E-state index in [9.17, 15) is 86.4 Å². The molecule has 0 saturated heterocycles. The molecule has 0 aliphatic heterocycles. The van der Waals surface area contributed by atoms with E-state index in [4.69, 9.17) is 0 Å². The fraction of sp³-hybridized carbons (Fsp3) is 1.00. The van der Waals surface area contributed by atoms with Gasteiger partial charge in [0.2, 0.25) is 0 Å². The Bertz CT molecular complexity index is 1250. The van der Waals surface area contributed by atoms with Crippen molar-refractivity contribution in [2.75, 3.05) is 0 Å². The largest absolute Gasteiger partial charge is 0.522 e. The number of halogens is 12. The quantitative estimate of drug-likeness (QED) is 0.170. The van der Waals surface area contributed by atoms with Crippen LogP contribution in [0.2, 0.25) is 39.3 Å². The van der Waals surface area contributed by atoms with Crippen LogP contribution in [-0.2, 0) is 56.0 Å². The van der Waals surface area contributed by atoms with Crippen LogP contribution < -0.4 is 0 Å². The van der Waals surface area contributed by atoms with Crippen LogP contribution in [0.25, 0.3) is 0 Å². The van der Waals surface area contributed by atoms with Gasteiger partial charge in [-0.15, -0.1) is 0 Å². The van der Waals surface area contributed by atoms with Gasteiger partial charge in [0.15, 0.2) is 0 Å². The topological polar surface area (TPSA) is 173 Å². The third kappa shape index (κ3) is 7.90. The molecule has 0 bridgehead atoms. The van der Waals surface area contributed by atoms with Crippen LogP contribution in [0, 0.1) is 0 Å². The Morgan fingerprint density at radius 3 is 0.548 bits per heavy atom. The molecule has 0 rings (SSSR count). The molecule has 0 fully saturated rings. The highest BCUT2D eigenvalue weighted by atomic mass is 32.2. The average Bonchev–Trinajstić information content (AvgIpc) is 2.60. The number of hydrogen-bond acceptors (Lipinski definition) is 12. The van der Waals surface area contributed by atoms with Crippen molar-refractivity contribution in [3.05, 3.63) is 0 Å². The molecule has 0 heterocycles. The minimum atomic E-state index is -7.76. The van der Waals surface area contributed by atoms with Gasteiger partial charge in [-0.3, -0.25) is 15.5 Å². The molecule has 0 aliphatic rings. The van der Waals surface area contributed by atoms with Gasteiger partial charge in [0.25, 0.3) is 0 Å². The van der Waals surface area contributed by atoms with Crippen LogP contribution in [0.3, 0.4) is 0 Å². The van der Waals surface area contributed by atoms with E-state index in [1.807, 2.05) is 0 Å². The van der Waals surface area contributed by atoms with Crippen LogP contribution in [0.1, 0.15) is 0 Å². The first kappa shape index (κ1) is 41.7. The van der Waals surface area contributed by atoms with E-state index in [2.05, 4.69) is 15.5 Å². The van der Waals surface area contributed by atoms with Crippen molar-refractivity contribution < 1.29 is 102 Å². The first-order valence-electron chi connectivity index (χ1n) is 9.65. The highest BCUT2D eigenvalue weighted by Gasteiger charge is 2.85. The molecule has 0 radical (unpaired) electrons. The number of hydrogen-bond donors (Lipinski definition) is 0. The molecule has 0 unspecified atom stereocenters. The Labute approximate surface area is 233 Å². The van der Waals surface area contributed by atoms with Crippen LogP contribution in [0.5, 0.6) is 0 Å². The number of rotatable bonds is 11. The zero-order valence-electron chi connectivity index (χ0n) is 21.1. The lowest BCUT2D eigenvalue weighted by atomic mass is 11.6. The third-order valence-corrected chi connectivity index (χ3v) is 60.9. The van der Waals surface area contributed by atoms with Gasteiger partial charge >= 0.3 is 77.7 Å². The molecule has 32 heteroatoms. The first-order chi connectivity index (χ1) is 17.6. The predicted molar refractivity (Wildman–Crippen MR) is 122 cm³/mol. The molecule has 0 aromatic rings. The molecule has 0 N–H and O–H groups in total. The van der Waals surface area contributed by atoms with E-state index in [0.717, 1.165) is 0 Å². The van der Waals surface area contributed by atoms with E-state index in [0.29, 0.717) is 0 Å². The summed E-state index contributed by atoms with van der Waals surface area (Å²) < 4.78 is 272. The molecular formula is C10H18F12O12S4Si4. The van der Waals surface area contributed by atoms with Gasteiger partial charge < -0.3 is 0 Å². The van der Waals surface area contributed by atoms with Gasteiger partial charge in [0.05, 0.1) is 0 Å². The van der Waals surface area contributed by atoms with Gasteiger partial charge in [0, 0.05) is 0 Å². The van der Waals surface area contributed by atoms with E-state index >= 15 is 0 Å². The molecule has 0 aromatic carbocycles. The van der Waals surface area contributed by atoms with Crippen molar-refractivity contribution >= 4 is 70.8 Å². The molecule has 42 heavy (non-hydrogen) atoms. The zero-order chi connectivity index (χ0) is 34.8. The van der Waals surface area contributed by atoms with E-state index in [1.165, 1.54) is 0 Å². The van der Waals surface area contributed by atoms with Crippen LogP contribution in [0.4, 0.5) is 52.7 Å². The molecule has 0 aliphatic carbocycles. The lowest BCUT2D eigenvalue weighted by Crippen LogP contribution is -2.89. The maximum absolute atomic E-state index is 13.4. The smallest absolute Gasteiger partial charge is 0.277 e. The summed E-state index contributed by atoms with van der Waals surface area (Å²) >= 11 is 0. The van der Waals surface area contributed by atoms with Crippen molar-refractivity contribution in [3.63, 3.8) is 0 Å². The summed E-state index contributed by atoms with van der Waals surface area (Å²) in [6.45, 7) is 1.54. The summed E-state index contributed by atoms with van der Waals surface area (Å²) in [6.07, 6.45) is 0. The predicted octanol–water partition coefficient (Wildman–Crippen LogP) is 3.25. The second-order valence-corrected chi connectivity index (χ2v) is 49.2. The van der Waals surface area contributed by atoms with Crippen molar-refractivity contribution in [1.29, 1.82) is 0 Å². The molecular weight excluding hydrogens is 781 g/mol. The summed E-state index contributed by atoms with van der Waals surface area (Å²) in [7, 11) is -57.0. The highest BCUT2D eigenvalue weighted by molar-refractivity contribution is 8.00. The van der Waals surface area contributed by atoms with Crippen LogP contribution in [0.15, 0.2) is 0 Å². The normalized spacial score (nSPS) is 16.5. The van der Waals surface area contributed by atoms with Crippen molar-refractivity contribution in [2.45, 2.75) is 61.3 Å². The standard InChI is InChI=1S/C10H18F12O12S4Si4/c1-39(2,3)41(31-35(23,24)7(11,12)13,32-36(25,26)8(14,15)16)42(40(4,5)6,33-37(27,28)9(17,18)19)34-38(29,30)10(20,21)22/h1-6H3. The maximum Gasteiger partial charge on any atom is 0.522 e. The molecule has 0 amide bonds. The lowest BCUT2D eigenvalue weighted by molar-refractivity contribution is -0.0548. The number of alkyl halides is 12. The summed E-state index contributed by atoms with van der Waals surface area (Å²) in [5.41, 5.74) is -27.5. The van der Waals surface area contributed by atoms with E-state index in [1.54, 1.807) is 0 Å². The van der Waals surface area contributed by atoms with Crippen molar-refractivity contribution in [2.24, 2.45) is 0 Å². The Morgan fingerprint density at radius 1 is 0.357 bits per heavy atom. The Kier molecular flexibility index (Phi) is 11.1. The molecule has 0 aromatic heterocycles. The minimum Gasteiger partial charge on any atom is -0.277 e. The van der Waals surface area contributed by atoms with Crippen molar-refractivity contribution in [1.82, 2.24) is 0 Å². The molecule has 0 spiro atoms. The molecule has 254 valence electrons. The van der Waals surface area contributed by atoms with Crippen LogP contribution >= 0.6 is 0 Å².